The lowest BCUT2D eigenvalue weighted by Crippen LogP contribution is -2.43. The van der Waals surface area contributed by atoms with E-state index in [4.69, 9.17) is 9.82 Å². The van der Waals surface area contributed by atoms with E-state index in [1.54, 1.807) is 31.4 Å². The highest BCUT2D eigenvalue weighted by Gasteiger charge is 2.27. The van der Waals surface area contributed by atoms with Gasteiger partial charge in [-0.3, -0.25) is 4.84 Å². The van der Waals surface area contributed by atoms with Crippen molar-refractivity contribution in [2.45, 2.75) is 39.3 Å². The Kier molecular flexibility index (Phi) is 6.59. The van der Waals surface area contributed by atoms with Crippen LogP contribution in [-0.2, 0) is 4.84 Å². The van der Waals surface area contributed by atoms with Crippen LogP contribution in [0, 0.1) is 0 Å². The average Bonchev–Trinajstić information content (AvgIpc) is 2.79. The van der Waals surface area contributed by atoms with E-state index < -0.39 is 6.10 Å². The molecule has 4 heterocycles. The molecule has 176 valence electrons. The number of hydrogen-bond donors (Lipinski definition) is 3. The third-order valence-electron chi connectivity index (χ3n) is 5.45. The molecule has 0 unspecified atom stereocenters. The van der Waals surface area contributed by atoms with Gasteiger partial charge in [0.25, 0.3) is 0 Å². The summed E-state index contributed by atoms with van der Waals surface area (Å²) in [6.07, 6.45) is 2.85. The second kappa shape index (κ2) is 9.42. The Morgan fingerprint density at radius 3 is 2.52 bits per heavy atom. The average molecular weight is 453 g/mol. The topological polar surface area (TPSA) is 112 Å². The molecule has 0 spiro atoms. The molecule has 0 bridgehead atoms. The van der Waals surface area contributed by atoms with Gasteiger partial charge in [0.2, 0.25) is 5.95 Å². The highest BCUT2D eigenvalue weighted by molar-refractivity contribution is 5.89. The van der Waals surface area contributed by atoms with Gasteiger partial charge in [-0.25, -0.2) is 25.0 Å². The number of nitrogens with zero attached hydrogens (tertiary/aromatic N) is 6. The third kappa shape index (κ3) is 5.13. The van der Waals surface area contributed by atoms with Gasteiger partial charge in [0, 0.05) is 37.8 Å². The Morgan fingerprint density at radius 1 is 1.15 bits per heavy atom. The van der Waals surface area contributed by atoms with Gasteiger partial charge in [0.05, 0.1) is 36.3 Å². The maximum atomic E-state index is 10.1. The largest absolute Gasteiger partial charge is 0.387 e. The Labute approximate surface area is 194 Å². The van der Waals surface area contributed by atoms with Crippen LogP contribution in [0.5, 0.6) is 0 Å². The molecule has 1 saturated heterocycles. The molecule has 3 N–H and O–H groups in total. The number of anilines is 4. The molecule has 3 aromatic rings. The summed E-state index contributed by atoms with van der Waals surface area (Å²) in [5.74, 6) is 1.58. The maximum absolute atomic E-state index is 10.1. The minimum atomic E-state index is -0.733. The van der Waals surface area contributed by atoms with Crippen molar-refractivity contribution in [3.63, 3.8) is 0 Å². The molecule has 10 nitrogen and oxygen atoms in total. The van der Waals surface area contributed by atoms with Crippen molar-refractivity contribution in [1.29, 1.82) is 0 Å². The molecule has 1 atom stereocenters. The number of pyridine rings is 2. The highest BCUT2D eigenvalue weighted by Crippen LogP contribution is 2.31. The first-order valence-corrected chi connectivity index (χ1v) is 11.1. The highest BCUT2D eigenvalue weighted by atomic mass is 16.7. The summed E-state index contributed by atoms with van der Waals surface area (Å²) in [7, 11) is 1.60. The first kappa shape index (κ1) is 23.1. The van der Waals surface area contributed by atoms with Crippen molar-refractivity contribution in [2.75, 3.05) is 48.6 Å². The number of aliphatic hydroxyl groups is 1. The summed E-state index contributed by atoms with van der Waals surface area (Å²) >= 11 is 0. The number of rotatable bonds is 6. The van der Waals surface area contributed by atoms with E-state index in [-0.39, 0.29) is 5.54 Å². The zero-order chi connectivity index (χ0) is 23.6. The van der Waals surface area contributed by atoms with E-state index in [2.05, 4.69) is 36.6 Å². The molecule has 0 amide bonds. The normalized spacial score (nSPS) is 15.5. The van der Waals surface area contributed by atoms with Crippen LogP contribution >= 0.6 is 0 Å². The number of piperazine rings is 1. The Balaban J connectivity index is 1.66. The second-order valence-corrected chi connectivity index (χ2v) is 9.09. The molecule has 33 heavy (non-hydrogen) atoms. The van der Waals surface area contributed by atoms with Gasteiger partial charge in [-0.15, -0.1) is 0 Å². The third-order valence-corrected chi connectivity index (χ3v) is 5.45. The standard InChI is InChI=1S/C23H32N8O2/c1-15(32)18-12-16-13-26-22(29-20(16)21(27-18)31(33-5)23(2,3)4)28-19-7-6-17(14-25-19)30-10-8-24-9-11-30/h6-7,12-15,24,32H,8-11H2,1-5H3,(H,25,26,28,29)/t15-/m1/s1. The number of fused-ring (bicyclic) bond motifs is 1. The molecular weight excluding hydrogens is 420 g/mol. The number of aromatic nitrogens is 4. The van der Waals surface area contributed by atoms with Crippen LogP contribution in [0.25, 0.3) is 10.9 Å². The predicted molar refractivity (Wildman–Crippen MR) is 130 cm³/mol. The molecule has 3 aromatic heterocycles. The van der Waals surface area contributed by atoms with E-state index in [0.29, 0.717) is 28.8 Å². The lowest BCUT2D eigenvalue weighted by Gasteiger charge is -2.34. The fourth-order valence-electron chi connectivity index (χ4n) is 3.82. The quantitative estimate of drug-likeness (QED) is 0.483. The van der Waals surface area contributed by atoms with Gasteiger partial charge in [-0.05, 0) is 45.9 Å². The van der Waals surface area contributed by atoms with Crippen LogP contribution in [0.2, 0.25) is 0 Å². The monoisotopic (exact) mass is 452 g/mol. The zero-order valence-electron chi connectivity index (χ0n) is 19.8. The number of hydrogen-bond acceptors (Lipinski definition) is 10. The fourth-order valence-corrected chi connectivity index (χ4v) is 3.82. The smallest absolute Gasteiger partial charge is 0.229 e. The van der Waals surface area contributed by atoms with Crippen LogP contribution in [0.15, 0.2) is 30.6 Å². The van der Waals surface area contributed by atoms with E-state index in [1.807, 2.05) is 33.0 Å². The first-order chi connectivity index (χ1) is 15.8. The van der Waals surface area contributed by atoms with Gasteiger partial charge >= 0.3 is 0 Å². The molecular formula is C23H32N8O2. The van der Waals surface area contributed by atoms with Crippen LogP contribution in [0.3, 0.4) is 0 Å². The van der Waals surface area contributed by atoms with E-state index >= 15 is 0 Å². The van der Waals surface area contributed by atoms with E-state index in [1.165, 1.54) is 0 Å². The number of aliphatic hydroxyl groups excluding tert-OH is 1. The van der Waals surface area contributed by atoms with E-state index in [0.717, 1.165) is 37.3 Å². The molecule has 0 aromatic carbocycles. The number of hydroxylamine groups is 1. The molecule has 1 fully saturated rings. The summed E-state index contributed by atoms with van der Waals surface area (Å²) < 4.78 is 0. The van der Waals surface area contributed by atoms with Crippen molar-refractivity contribution in [3.05, 3.63) is 36.3 Å². The van der Waals surface area contributed by atoms with Crippen LogP contribution in [-0.4, -0.2) is 63.9 Å². The summed E-state index contributed by atoms with van der Waals surface area (Å²) in [6.45, 7) is 11.6. The van der Waals surface area contributed by atoms with Gasteiger partial charge < -0.3 is 20.6 Å². The number of nitrogens with one attached hydrogen (secondary N) is 2. The van der Waals surface area contributed by atoms with Gasteiger partial charge in [0.1, 0.15) is 11.3 Å². The van der Waals surface area contributed by atoms with Crippen molar-refractivity contribution >= 4 is 34.2 Å². The zero-order valence-corrected chi connectivity index (χ0v) is 19.8. The molecule has 0 radical (unpaired) electrons. The van der Waals surface area contributed by atoms with Crippen molar-refractivity contribution < 1.29 is 9.94 Å². The molecule has 4 rings (SSSR count). The van der Waals surface area contributed by atoms with E-state index in [9.17, 15) is 5.11 Å². The van der Waals surface area contributed by atoms with Crippen molar-refractivity contribution in [1.82, 2.24) is 25.3 Å². The summed E-state index contributed by atoms with van der Waals surface area (Å²) in [5, 5.41) is 19.1. The fraction of sp³-hybridized carbons (Fsp3) is 0.478. The van der Waals surface area contributed by atoms with Gasteiger partial charge in [-0.2, -0.15) is 0 Å². The lowest BCUT2D eigenvalue weighted by atomic mass is 10.1. The Hall–Kier alpha value is -3.08. The summed E-state index contributed by atoms with van der Waals surface area (Å²) in [5.41, 5.74) is 1.86. The molecule has 10 heteroatoms. The second-order valence-electron chi connectivity index (χ2n) is 9.09. The molecule has 0 aliphatic carbocycles. The Morgan fingerprint density at radius 2 is 1.91 bits per heavy atom. The SMILES string of the molecule is CON(c1nc([C@@H](C)O)cc2cnc(Nc3ccc(N4CCNCC4)cn3)nc12)C(C)(C)C. The predicted octanol–water partition coefficient (Wildman–Crippen LogP) is 2.79. The maximum Gasteiger partial charge on any atom is 0.229 e. The first-order valence-electron chi connectivity index (χ1n) is 11.1. The van der Waals surface area contributed by atoms with Crippen LogP contribution in [0.4, 0.5) is 23.3 Å². The van der Waals surface area contributed by atoms with Crippen molar-refractivity contribution in [2.24, 2.45) is 0 Å². The van der Waals surface area contributed by atoms with Crippen LogP contribution in [0.1, 0.15) is 39.5 Å². The molecule has 1 aliphatic heterocycles. The summed E-state index contributed by atoms with van der Waals surface area (Å²) in [4.78, 5) is 26.3. The minimum absolute atomic E-state index is 0.383. The van der Waals surface area contributed by atoms with Crippen molar-refractivity contribution in [3.8, 4) is 0 Å². The molecule has 1 aliphatic rings. The summed E-state index contributed by atoms with van der Waals surface area (Å²) in [6, 6.07) is 5.78. The minimum Gasteiger partial charge on any atom is -0.387 e. The lowest BCUT2D eigenvalue weighted by molar-refractivity contribution is 0.112. The van der Waals surface area contributed by atoms with Gasteiger partial charge in [0.15, 0.2) is 5.82 Å². The Bertz CT molecular complexity index is 1090. The van der Waals surface area contributed by atoms with Gasteiger partial charge in [-0.1, -0.05) is 0 Å². The molecule has 0 saturated carbocycles. The van der Waals surface area contributed by atoms with Crippen LogP contribution < -0.4 is 20.6 Å².